The molecule has 2 aliphatic rings. The van der Waals surface area contributed by atoms with Gasteiger partial charge < -0.3 is 15.4 Å². The molecule has 2 aliphatic carbocycles. The van der Waals surface area contributed by atoms with E-state index in [-0.39, 0.29) is 11.3 Å². The SMILES string of the molecule is CCO[C@@H]1C[C@@H](N(C)C(=O)c2ccc(CN)cc2)C12CCCC2. The van der Waals surface area contributed by atoms with Gasteiger partial charge in [0.05, 0.1) is 6.10 Å². The fourth-order valence-electron chi connectivity index (χ4n) is 4.52. The summed E-state index contributed by atoms with van der Waals surface area (Å²) in [5.41, 5.74) is 7.62. The summed E-state index contributed by atoms with van der Waals surface area (Å²) in [6.07, 6.45) is 6.19. The molecule has 2 fully saturated rings. The molecule has 0 aliphatic heterocycles. The van der Waals surface area contributed by atoms with Crippen LogP contribution < -0.4 is 5.73 Å². The van der Waals surface area contributed by atoms with Gasteiger partial charge in [-0.25, -0.2) is 0 Å². The monoisotopic (exact) mass is 316 g/mol. The van der Waals surface area contributed by atoms with Gasteiger partial charge in [0.1, 0.15) is 0 Å². The lowest BCUT2D eigenvalue weighted by molar-refractivity contribution is -0.152. The fourth-order valence-corrected chi connectivity index (χ4v) is 4.52. The number of hydrogen-bond acceptors (Lipinski definition) is 3. The Hall–Kier alpha value is -1.39. The summed E-state index contributed by atoms with van der Waals surface area (Å²) in [5, 5.41) is 0. The van der Waals surface area contributed by atoms with Gasteiger partial charge in [0.2, 0.25) is 0 Å². The summed E-state index contributed by atoms with van der Waals surface area (Å²) in [5.74, 6) is 0.111. The molecule has 3 rings (SSSR count). The van der Waals surface area contributed by atoms with Crippen molar-refractivity contribution in [2.75, 3.05) is 13.7 Å². The number of ether oxygens (including phenoxy) is 1. The molecule has 1 amide bonds. The summed E-state index contributed by atoms with van der Waals surface area (Å²) in [4.78, 5) is 14.8. The van der Waals surface area contributed by atoms with Crippen LogP contribution in [0.5, 0.6) is 0 Å². The summed E-state index contributed by atoms with van der Waals surface area (Å²) in [7, 11) is 1.95. The molecule has 4 nitrogen and oxygen atoms in total. The number of carbonyl (C=O) groups is 1. The van der Waals surface area contributed by atoms with Crippen LogP contribution in [-0.2, 0) is 11.3 Å². The van der Waals surface area contributed by atoms with E-state index in [4.69, 9.17) is 10.5 Å². The van der Waals surface area contributed by atoms with Gasteiger partial charge in [0.25, 0.3) is 5.91 Å². The Balaban J connectivity index is 1.74. The molecule has 1 spiro atoms. The molecule has 0 aromatic heterocycles. The number of benzene rings is 1. The molecule has 23 heavy (non-hydrogen) atoms. The molecular formula is C19H28N2O2. The van der Waals surface area contributed by atoms with Crippen LogP contribution in [0.2, 0.25) is 0 Å². The third kappa shape index (κ3) is 2.79. The highest BCUT2D eigenvalue weighted by molar-refractivity contribution is 5.94. The maximum absolute atomic E-state index is 12.8. The number of nitrogens with zero attached hydrogens (tertiary/aromatic N) is 1. The van der Waals surface area contributed by atoms with Crippen LogP contribution >= 0.6 is 0 Å². The van der Waals surface area contributed by atoms with E-state index in [1.54, 1.807) is 0 Å². The summed E-state index contributed by atoms with van der Waals surface area (Å²) >= 11 is 0. The van der Waals surface area contributed by atoms with E-state index in [1.165, 1.54) is 25.7 Å². The number of nitrogens with two attached hydrogens (primary N) is 1. The normalized spacial score (nSPS) is 25.3. The number of rotatable bonds is 5. The molecule has 0 heterocycles. The van der Waals surface area contributed by atoms with Crippen LogP contribution in [0.25, 0.3) is 0 Å². The lowest BCUT2D eigenvalue weighted by atomic mass is 9.60. The van der Waals surface area contributed by atoms with Gasteiger partial charge in [0, 0.05) is 37.2 Å². The van der Waals surface area contributed by atoms with Gasteiger partial charge in [-0.05, 0) is 43.9 Å². The van der Waals surface area contributed by atoms with Crippen LogP contribution in [-0.4, -0.2) is 36.6 Å². The smallest absolute Gasteiger partial charge is 0.253 e. The Morgan fingerprint density at radius 3 is 2.52 bits per heavy atom. The van der Waals surface area contributed by atoms with Crippen LogP contribution in [0.4, 0.5) is 0 Å². The molecule has 1 aromatic rings. The quantitative estimate of drug-likeness (QED) is 0.908. The highest BCUT2D eigenvalue weighted by Crippen LogP contribution is 2.56. The minimum absolute atomic E-state index is 0.111. The fraction of sp³-hybridized carbons (Fsp3) is 0.632. The molecule has 2 N–H and O–H groups in total. The van der Waals surface area contributed by atoms with Crippen LogP contribution in [0, 0.1) is 5.41 Å². The lowest BCUT2D eigenvalue weighted by Crippen LogP contribution is -2.64. The van der Waals surface area contributed by atoms with E-state index >= 15 is 0 Å². The molecule has 0 saturated heterocycles. The number of amides is 1. The average molecular weight is 316 g/mol. The molecule has 0 bridgehead atoms. The van der Waals surface area contributed by atoms with E-state index in [2.05, 4.69) is 6.92 Å². The second-order valence-corrected chi connectivity index (χ2v) is 6.95. The van der Waals surface area contributed by atoms with Gasteiger partial charge in [-0.3, -0.25) is 4.79 Å². The van der Waals surface area contributed by atoms with Crippen LogP contribution in [0.15, 0.2) is 24.3 Å². The Bertz CT molecular complexity index is 549. The summed E-state index contributed by atoms with van der Waals surface area (Å²) in [6.45, 7) is 3.33. The lowest BCUT2D eigenvalue weighted by Gasteiger charge is -2.57. The molecule has 0 radical (unpaired) electrons. The topological polar surface area (TPSA) is 55.6 Å². The van der Waals surface area contributed by atoms with Crippen molar-refractivity contribution < 1.29 is 9.53 Å². The average Bonchev–Trinajstić information content (AvgIpc) is 3.10. The Morgan fingerprint density at radius 2 is 1.96 bits per heavy atom. The van der Waals surface area contributed by atoms with Crippen LogP contribution in [0.3, 0.4) is 0 Å². The largest absolute Gasteiger partial charge is 0.378 e. The first-order valence-electron chi connectivity index (χ1n) is 8.80. The van der Waals surface area contributed by atoms with E-state index in [0.717, 1.165) is 24.2 Å². The van der Waals surface area contributed by atoms with Gasteiger partial charge in [-0.15, -0.1) is 0 Å². The van der Waals surface area contributed by atoms with Crippen molar-refractivity contribution in [3.63, 3.8) is 0 Å². The second kappa shape index (κ2) is 6.62. The van der Waals surface area contributed by atoms with Crippen molar-refractivity contribution in [3.05, 3.63) is 35.4 Å². The summed E-state index contributed by atoms with van der Waals surface area (Å²) in [6, 6.07) is 7.97. The first-order valence-corrected chi connectivity index (χ1v) is 8.80. The van der Waals surface area contributed by atoms with E-state index in [1.807, 2.05) is 36.2 Å². The predicted octanol–water partition coefficient (Wildman–Crippen LogP) is 2.96. The minimum atomic E-state index is 0.111. The van der Waals surface area contributed by atoms with Crippen molar-refractivity contribution in [3.8, 4) is 0 Å². The van der Waals surface area contributed by atoms with E-state index in [0.29, 0.717) is 18.7 Å². The first kappa shape index (κ1) is 16.5. The molecule has 4 heteroatoms. The molecule has 0 unspecified atom stereocenters. The Kier molecular flexibility index (Phi) is 4.74. The van der Waals surface area contributed by atoms with Gasteiger partial charge in [-0.2, -0.15) is 0 Å². The third-order valence-corrected chi connectivity index (χ3v) is 5.87. The predicted molar refractivity (Wildman–Crippen MR) is 91.1 cm³/mol. The third-order valence-electron chi connectivity index (χ3n) is 5.87. The molecule has 1 aromatic carbocycles. The number of carbonyl (C=O) groups excluding carboxylic acids is 1. The van der Waals surface area contributed by atoms with Crippen molar-refractivity contribution in [1.82, 2.24) is 4.90 Å². The molecule has 126 valence electrons. The van der Waals surface area contributed by atoms with Gasteiger partial charge in [0.15, 0.2) is 0 Å². The Morgan fingerprint density at radius 1 is 1.30 bits per heavy atom. The zero-order chi connectivity index (χ0) is 16.4. The first-order chi connectivity index (χ1) is 11.1. The van der Waals surface area contributed by atoms with Crippen molar-refractivity contribution in [2.45, 2.75) is 57.7 Å². The maximum atomic E-state index is 12.8. The highest BCUT2D eigenvalue weighted by Gasteiger charge is 2.58. The van der Waals surface area contributed by atoms with Crippen molar-refractivity contribution in [1.29, 1.82) is 0 Å². The Labute approximate surface area is 139 Å². The zero-order valence-corrected chi connectivity index (χ0v) is 14.3. The minimum Gasteiger partial charge on any atom is -0.378 e. The summed E-state index contributed by atoms with van der Waals surface area (Å²) < 4.78 is 5.96. The van der Waals surface area contributed by atoms with Gasteiger partial charge in [-0.1, -0.05) is 25.0 Å². The van der Waals surface area contributed by atoms with E-state index < -0.39 is 0 Å². The zero-order valence-electron chi connectivity index (χ0n) is 14.3. The van der Waals surface area contributed by atoms with Crippen LogP contribution in [0.1, 0.15) is 54.9 Å². The van der Waals surface area contributed by atoms with Crippen molar-refractivity contribution >= 4 is 5.91 Å². The van der Waals surface area contributed by atoms with E-state index in [9.17, 15) is 4.79 Å². The van der Waals surface area contributed by atoms with Crippen molar-refractivity contribution in [2.24, 2.45) is 11.1 Å². The molecular weight excluding hydrogens is 288 g/mol. The standard InChI is InChI=1S/C19H28N2O2/c1-3-23-17-12-16(19(17)10-4-5-11-19)21(2)18(22)15-8-6-14(13-20)7-9-15/h6-9,16-17H,3-5,10-13,20H2,1-2H3/t16-,17-/m1/s1. The maximum Gasteiger partial charge on any atom is 0.253 e. The molecule has 2 atom stereocenters. The number of hydrogen-bond donors (Lipinski definition) is 1. The highest BCUT2D eigenvalue weighted by atomic mass is 16.5. The van der Waals surface area contributed by atoms with Gasteiger partial charge >= 0.3 is 0 Å². The second-order valence-electron chi connectivity index (χ2n) is 6.95. The molecule has 2 saturated carbocycles.